The van der Waals surface area contributed by atoms with E-state index in [2.05, 4.69) is 25.7 Å². The van der Waals surface area contributed by atoms with Crippen LogP contribution in [0.5, 0.6) is 0 Å². The fraction of sp³-hybridized carbons (Fsp3) is 0.273. The molecule has 0 unspecified atom stereocenters. The SMILES string of the molecule is CCOC(=O)c1oc(-c2csc(Br)c2)nc1C(F)(F)F. The Bertz CT molecular complexity index is 635. The molecule has 0 fully saturated rings. The second-order valence-corrected chi connectivity index (χ2v) is 5.84. The second kappa shape index (κ2) is 5.57. The first-order valence-corrected chi connectivity index (χ1v) is 6.99. The monoisotopic (exact) mass is 369 g/mol. The van der Waals surface area contributed by atoms with E-state index < -0.39 is 23.6 Å². The third-order valence-corrected chi connectivity index (χ3v) is 3.68. The number of alkyl halides is 3. The van der Waals surface area contributed by atoms with Crippen LogP contribution in [0.15, 0.2) is 19.6 Å². The minimum atomic E-state index is -4.79. The highest BCUT2D eigenvalue weighted by atomic mass is 79.9. The summed E-state index contributed by atoms with van der Waals surface area (Å²) in [5, 5.41) is 1.56. The zero-order valence-electron chi connectivity index (χ0n) is 9.95. The van der Waals surface area contributed by atoms with E-state index in [-0.39, 0.29) is 12.5 Å². The van der Waals surface area contributed by atoms with E-state index in [1.165, 1.54) is 18.3 Å². The minimum Gasteiger partial charge on any atom is -0.460 e. The van der Waals surface area contributed by atoms with Gasteiger partial charge in [-0.3, -0.25) is 0 Å². The summed E-state index contributed by atoms with van der Waals surface area (Å²) in [6.07, 6.45) is -4.79. The summed E-state index contributed by atoms with van der Waals surface area (Å²) in [5.41, 5.74) is -1.03. The number of thiophene rings is 1. The molecule has 2 rings (SSSR count). The van der Waals surface area contributed by atoms with Crippen LogP contribution in [0, 0.1) is 0 Å². The van der Waals surface area contributed by atoms with Crippen LogP contribution >= 0.6 is 27.3 Å². The molecule has 4 nitrogen and oxygen atoms in total. The van der Waals surface area contributed by atoms with Gasteiger partial charge in [0.25, 0.3) is 0 Å². The molecule has 0 saturated carbocycles. The molecule has 0 atom stereocenters. The Kier molecular flexibility index (Phi) is 4.19. The van der Waals surface area contributed by atoms with Gasteiger partial charge in [-0.2, -0.15) is 13.2 Å². The largest absolute Gasteiger partial charge is 0.460 e. The van der Waals surface area contributed by atoms with Gasteiger partial charge in [0.2, 0.25) is 11.7 Å². The Hall–Kier alpha value is -1.35. The molecule has 9 heteroatoms. The molecule has 108 valence electrons. The Morgan fingerprint density at radius 2 is 2.25 bits per heavy atom. The second-order valence-electron chi connectivity index (χ2n) is 3.55. The fourth-order valence-electron chi connectivity index (χ4n) is 1.39. The van der Waals surface area contributed by atoms with Crippen molar-refractivity contribution in [2.24, 2.45) is 0 Å². The average molecular weight is 370 g/mol. The number of ether oxygens (including phenoxy) is 1. The molecular formula is C11H7BrF3NO3S. The molecule has 2 aromatic heterocycles. The Labute approximate surface area is 123 Å². The van der Waals surface area contributed by atoms with E-state index >= 15 is 0 Å². The summed E-state index contributed by atoms with van der Waals surface area (Å²) >= 11 is 4.44. The van der Waals surface area contributed by atoms with Crippen LogP contribution in [-0.4, -0.2) is 17.6 Å². The first-order valence-electron chi connectivity index (χ1n) is 5.32. The van der Waals surface area contributed by atoms with Crippen LogP contribution in [-0.2, 0) is 10.9 Å². The highest BCUT2D eigenvalue weighted by molar-refractivity contribution is 9.11. The smallest absolute Gasteiger partial charge is 0.437 e. The molecule has 0 spiro atoms. The zero-order chi connectivity index (χ0) is 14.9. The van der Waals surface area contributed by atoms with Gasteiger partial charge < -0.3 is 9.15 Å². The maximum absolute atomic E-state index is 12.8. The van der Waals surface area contributed by atoms with Crippen molar-refractivity contribution in [1.29, 1.82) is 0 Å². The summed E-state index contributed by atoms with van der Waals surface area (Å²) in [6.45, 7) is 1.43. The predicted molar refractivity (Wildman–Crippen MR) is 68.5 cm³/mol. The van der Waals surface area contributed by atoms with Crippen molar-refractivity contribution in [2.45, 2.75) is 13.1 Å². The van der Waals surface area contributed by atoms with Gasteiger partial charge in [0, 0.05) is 10.9 Å². The molecule has 0 aliphatic heterocycles. The van der Waals surface area contributed by atoms with Crippen molar-refractivity contribution in [3.63, 3.8) is 0 Å². The van der Waals surface area contributed by atoms with Crippen molar-refractivity contribution >= 4 is 33.2 Å². The number of aromatic nitrogens is 1. The lowest BCUT2D eigenvalue weighted by Crippen LogP contribution is -2.14. The molecule has 0 N–H and O–H groups in total. The van der Waals surface area contributed by atoms with Crippen LogP contribution in [0.2, 0.25) is 0 Å². The number of hydrogen-bond donors (Lipinski definition) is 0. The number of esters is 1. The lowest BCUT2D eigenvalue weighted by Gasteiger charge is -2.03. The van der Waals surface area contributed by atoms with Crippen LogP contribution in [0.3, 0.4) is 0 Å². The van der Waals surface area contributed by atoms with Crippen molar-refractivity contribution < 1.29 is 27.1 Å². The van der Waals surface area contributed by atoms with E-state index in [9.17, 15) is 18.0 Å². The molecule has 20 heavy (non-hydrogen) atoms. The van der Waals surface area contributed by atoms with Gasteiger partial charge in [-0.15, -0.1) is 11.3 Å². The van der Waals surface area contributed by atoms with Gasteiger partial charge in [-0.25, -0.2) is 9.78 Å². The van der Waals surface area contributed by atoms with Gasteiger partial charge in [-0.1, -0.05) is 0 Å². The highest BCUT2D eigenvalue weighted by Crippen LogP contribution is 2.36. The van der Waals surface area contributed by atoms with Gasteiger partial charge in [0.1, 0.15) is 0 Å². The van der Waals surface area contributed by atoms with E-state index in [4.69, 9.17) is 4.42 Å². The molecule has 0 radical (unpaired) electrons. The maximum atomic E-state index is 12.8. The molecule has 0 saturated heterocycles. The van der Waals surface area contributed by atoms with E-state index in [0.29, 0.717) is 9.35 Å². The lowest BCUT2D eigenvalue weighted by atomic mass is 10.3. The molecule has 2 heterocycles. The van der Waals surface area contributed by atoms with Crippen molar-refractivity contribution in [2.75, 3.05) is 6.61 Å². The third kappa shape index (κ3) is 3.04. The molecule has 0 aromatic carbocycles. The van der Waals surface area contributed by atoms with Gasteiger partial charge in [0.15, 0.2) is 5.69 Å². The van der Waals surface area contributed by atoms with Crippen LogP contribution < -0.4 is 0 Å². The first-order chi connectivity index (χ1) is 9.32. The lowest BCUT2D eigenvalue weighted by molar-refractivity contribution is -0.141. The Morgan fingerprint density at radius 1 is 1.55 bits per heavy atom. The number of nitrogens with zero attached hydrogens (tertiary/aromatic N) is 1. The van der Waals surface area contributed by atoms with E-state index in [0.717, 1.165) is 0 Å². The number of carbonyl (C=O) groups is 1. The Morgan fingerprint density at radius 3 is 2.75 bits per heavy atom. The molecule has 0 bridgehead atoms. The maximum Gasteiger partial charge on any atom is 0.437 e. The van der Waals surface area contributed by atoms with Gasteiger partial charge in [0.05, 0.1) is 10.4 Å². The average Bonchev–Trinajstić information content (AvgIpc) is 2.94. The molecule has 0 aliphatic carbocycles. The molecule has 2 aromatic rings. The molecule has 0 aliphatic rings. The molecular weight excluding hydrogens is 363 g/mol. The van der Waals surface area contributed by atoms with Crippen LogP contribution in [0.25, 0.3) is 11.5 Å². The summed E-state index contributed by atoms with van der Waals surface area (Å²) in [7, 11) is 0. The van der Waals surface area contributed by atoms with Crippen LogP contribution in [0.4, 0.5) is 13.2 Å². The van der Waals surface area contributed by atoms with Crippen molar-refractivity contribution in [3.05, 3.63) is 26.7 Å². The normalized spacial score (nSPS) is 11.7. The number of oxazole rings is 1. The highest BCUT2D eigenvalue weighted by Gasteiger charge is 2.42. The van der Waals surface area contributed by atoms with Gasteiger partial charge in [-0.05, 0) is 28.9 Å². The van der Waals surface area contributed by atoms with Crippen LogP contribution in [0.1, 0.15) is 23.2 Å². The van der Waals surface area contributed by atoms with Crippen molar-refractivity contribution in [1.82, 2.24) is 4.98 Å². The van der Waals surface area contributed by atoms with E-state index in [1.54, 1.807) is 11.4 Å². The molecule has 0 amide bonds. The topological polar surface area (TPSA) is 52.3 Å². The number of rotatable bonds is 3. The summed E-state index contributed by atoms with van der Waals surface area (Å²) in [5.74, 6) is -2.40. The fourth-order valence-corrected chi connectivity index (χ4v) is 2.52. The van der Waals surface area contributed by atoms with Crippen molar-refractivity contribution in [3.8, 4) is 11.5 Å². The summed E-state index contributed by atoms with van der Waals surface area (Å²) in [4.78, 5) is 14.9. The summed E-state index contributed by atoms with van der Waals surface area (Å²) in [6, 6.07) is 1.55. The number of hydrogen-bond acceptors (Lipinski definition) is 5. The van der Waals surface area contributed by atoms with E-state index in [1.807, 2.05) is 0 Å². The minimum absolute atomic E-state index is 0.0594. The number of halogens is 4. The summed E-state index contributed by atoms with van der Waals surface area (Å²) < 4.78 is 48.7. The number of carbonyl (C=O) groups excluding carboxylic acids is 1. The zero-order valence-corrected chi connectivity index (χ0v) is 12.4. The quantitative estimate of drug-likeness (QED) is 0.754. The Balaban J connectivity index is 2.50. The van der Waals surface area contributed by atoms with Gasteiger partial charge >= 0.3 is 12.1 Å². The first kappa shape index (κ1) is 15.0. The standard InChI is InChI=1S/C11H7BrF3NO3S/c1-2-18-10(17)7-8(11(13,14)15)16-9(19-7)5-3-6(12)20-4-5/h3-4H,2H2,1H3. The predicted octanol–water partition coefficient (Wildman–Crippen LogP) is 4.36. The third-order valence-electron chi connectivity index (χ3n) is 2.17.